The number of Topliss-reactive ketones (excluding diaryl/α,β-unsaturated/α-hetero) is 1. The summed E-state index contributed by atoms with van der Waals surface area (Å²) in [5.41, 5.74) is 0.853. The van der Waals surface area contributed by atoms with Crippen molar-refractivity contribution in [2.75, 3.05) is 19.6 Å². The van der Waals surface area contributed by atoms with Gasteiger partial charge in [-0.25, -0.2) is 0 Å². The Morgan fingerprint density at radius 2 is 1.85 bits per heavy atom. The van der Waals surface area contributed by atoms with Crippen LogP contribution in [-0.2, 0) is 0 Å². The molecule has 1 saturated heterocycles. The average Bonchev–Trinajstić information content (AvgIpc) is 2.48. The second kappa shape index (κ2) is 7.58. The van der Waals surface area contributed by atoms with Gasteiger partial charge in [-0.2, -0.15) is 0 Å². The first-order chi connectivity index (χ1) is 9.66. The normalized spacial score (nSPS) is 17.6. The minimum atomic E-state index is 0.280. The molecule has 0 radical (unpaired) electrons. The standard InChI is InChI=1S/C18H27NO/c1-15(2)16-10-13-19(14-11-16)12-6-9-18(20)17-7-4-3-5-8-17/h3-5,7-8,15-16H,6,9-14H2,1-2H3. The van der Waals surface area contributed by atoms with E-state index in [-0.39, 0.29) is 5.78 Å². The van der Waals surface area contributed by atoms with Crippen LogP contribution in [0.5, 0.6) is 0 Å². The van der Waals surface area contributed by atoms with Crippen molar-refractivity contribution in [3.05, 3.63) is 35.9 Å². The van der Waals surface area contributed by atoms with E-state index < -0.39 is 0 Å². The predicted molar refractivity (Wildman–Crippen MR) is 84.0 cm³/mol. The molecular weight excluding hydrogens is 246 g/mol. The van der Waals surface area contributed by atoms with E-state index >= 15 is 0 Å². The molecule has 0 aromatic heterocycles. The van der Waals surface area contributed by atoms with E-state index in [9.17, 15) is 4.79 Å². The van der Waals surface area contributed by atoms with E-state index in [1.165, 1.54) is 25.9 Å². The quantitative estimate of drug-likeness (QED) is 0.730. The highest BCUT2D eigenvalue weighted by atomic mass is 16.1. The van der Waals surface area contributed by atoms with Gasteiger partial charge in [0.25, 0.3) is 0 Å². The number of likely N-dealkylation sites (tertiary alicyclic amines) is 1. The summed E-state index contributed by atoms with van der Waals surface area (Å²) in [6, 6.07) is 9.65. The van der Waals surface area contributed by atoms with Crippen molar-refractivity contribution < 1.29 is 4.79 Å². The lowest BCUT2D eigenvalue weighted by atomic mass is 9.86. The molecule has 1 fully saturated rings. The van der Waals surface area contributed by atoms with Gasteiger partial charge in [0.15, 0.2) is 5.78 Å². The second-order valence-corrected chi connectivity index (χ2v) is 6.32. The fourth-order valence-corrected chi connectivity index (χ4v) is 3.07. The highest BCUT2D eigenvalue weighted by molar-refractivity contribution is 5.95. The van der Waals surface area contributed by atoms with Crippen LogP contribution in [-0.4, -0.2) is 30.3 Å². The first-order valence-electron chi connectivity index (χ1n) is 7.97. The fourth-order valence-electron chi connectivity index (χ4n) is 3.07. The molecule has 0 saturated carbocycles. The lowest BCUT2D eigenvalue weighted by molar-refractivity contribution is 0.0968. The van der Waals surface area contributed by atoms with Gasteiger partial charge in [0.2, 0.25) is 0 Å². The third kappa shape index (κ3) is 4.45. The van der Waals surface area contributed by atoms with Crippen LogP contribution in [0.4, 0.5) is 0 Å². The Hall–Kier alpha value is -1.15. The van der Waals surface area contributed by atoms with Crippen molar-refractivity contribution in [2.24, 2.45) is 11.8 Å². The molecule has 20 heavy (non-hydrogen) atoms. The van der Waals surface area contributed by atoms with Crippen LogP contribution in [0.25, 0.3) is 0 Å². The van der Waals surface area contributed by atoms with E-state index in [1.807, 2.05) is 30.3 Å². The molecule has 1 heterocycles. The smallest absolute Gasteiger partial charge is 0.162 e. The van der Waals surface area contributed by atoms with Gasteiger partial charge in [-0.3, -0.25) is 4.79 Å². The Balaban J connectivity index is 1.66. The van der Waals surface area contributed by atoms with Gasteiger partial charge in [0.1, 0.15) is 0 Å². The fraction of sp³-hybridized carbons (Fsp3) is 0.611. The molecule has 1 aliphatic heterocycles. The minimum Gasteiger partial charge on any atom is -0.303 e. The Morgan fingerprint density at radius 3 is 2.45 bits per heavy atom. The lowest BCUT2D eigenvalue weighted by Gasteiger charge is -2.33. The van der Waals surface area contributed by atoms with Crippen LogP contribution >= 0.6 is 0 Å². The molecule has 1 aromatic carbocycles. The number of ketones is 1. The Morgan fingerprint density at radius 1 is 1.20 bits per heavy atom. The average molecular weight is 273 g/mol. The zero-order chi connectivity index (χ0) is 14.4. The molecule has 2 rings (SSSR count). The van der Waals surface area contributed by atoms with Crippen LogP contribution < -0.4 is 0 Å². The predicted octanol–water partition coefficient (Wildman–Crippen LogP) is 4.02. The molecule has 0 spiro atoms. The van der Waals surface area contributed by atoms with E-state index in [1.54, 1.807) is 0 Å². The first-order valence-corrected chi connectivity index (χ1v) is 7.97. The van der Waals surface area contributed by atoms with Gasteiger partial charge in [-0.15, -0.1) is 0 Å². The van der Waals surface area contributed by atoms with E-state index in [2.05, 4.69) is 18.7 Å². The van der Waals surface area contributed by atoms with Crippen LogP contribution in [0, 0.1) is 11.8 Å². The summed E-state index contributed by atoms with van der Waals surface area (Å²) >= 11 is 0. The van der Waals surface area contributed by atoms with Crippen molar-refractivity contribution in [1.82, 2.24) is 4.90 Å². The maximum Gasteiger partial charge on any atom is 0.162 e. The summed E-state index contributed by atoms with van der Waals surface area (Å²) < 4.78 is 0. The largest absolute Gasteiger partial charge is 0.303 e. The maximum atomic E-state index is 12.0. The Labute approximate surface area is 123 Å². The molecule has 0 bridgehead atoms. The van der Waals surface area contributed by atoms with Crippen LogP contribution in [0.2, 0.25) is 0 Å². The monoisotopic (exact) mass is 273 g/mol. The third-order valence-corrected chi connectivity index (χ3v) is 4.55. The zero-order valence-corrected chi connectivity index (χ0v) is 12.8. The van der Waals surface area contributed by atoms with E-state index in [0.717, 1.165) is 30.4 Å². The number of carbonyl (C=O) groups is 1. The van der Waals surface area contributed by atoms with Crippen LogP contribution in [0.1, 0.15) is 49.9 Å². The van der Waals surface area contributed by atoms with Crippen molar-refractivity contribution >= 4 is 5.78 Å². The van der Waals surface area contributed by atoms with E-state index in [4.69, 9.17) is 0 Å². The molecule has 1 aromatic rings. The molecule has 0 unspecified atom stereocenters. The van der Waals surface area contributed by atoms with Crippen molar-refractivity contribution in [1.29, 1.82) is 0 Å². The lowest BCUT2D eigenvalue weighted by Crippen LogP contribution is -2.35. The summed E-state index contributed by atoms with van der Waals surface area (Å²) in [6.45, 7) is 8.16. The Bertz CT molecular complexity index is 405. The van der Waals surface area contributed by atoms with Crippen molar-refractivity contribution in [3.63, 3.8) is 0 Å². The molecule has 1 aliphatic rings. The maximum absolute atomic E-state index is 12.0. The molecule has 2 nitrogen and oxygen atoms in total. The molecule has 2 heteroatoms. The topological polar surface area (TPSA) is 20.3 Å². The molecule has 0 N–H and O–H groups in total. The number of hydrogen-bond donors (Lipinski definition) is 0. The van der Waals surface area contributed by atoms with Crippen LogP contribution in [0.3, 0.4) is 0 Å². The number of hydrogen-bond acceptors (Lipinski definition) is 2. The first kappa shape index (κ1) is 15.2. The number of carbonyl (C=O) groups excluding carboxylic acids is 1. The summed E-state index contributed by atoms with van der Waals surface area (Å²) in [5.74, 6) is 2.00. The summed E-state index contributed by atoms with van der Waals surface area (Å²) in [4.78, 5) is 14.5. The van der Waals surface area contributed by atoms with Crippen molar-refractivity contribution in [2.45, 2.75) is 39.5 Å². The number of piperidine rings is 1. The highest BCUT2D eigenvalue weighted by Crippen LogP contribution is 2.24. The summed E-state index contributed by atoms with van der Waals surface area (Å²) in [6.07, 6.45) is 4.31. The SMILES string of the molecule is CC(C)C1CCN(CCCC(=O)c2ccccc2)CC1. The number of rotatable bonds is 6. The Kier molecular flexibility index (Phi) is 5.78. The molecular formula is C18H27NO. The number of nitrogens with zero attached hydrogens (tertiary/aromatic N) is 1. The second-order valence-electron chi connectivity index (χ2n) is 6.32. The van der Waals surface area contributed by atoms with Gasteiger partial charge < -0.3 is 4.90 Å². The highest BCUT2D eigenvalue weighted by Gasteiger charge is 2.21. The van der Waals surface area contributed by atoms with Gasteiger partial charge in [0.05, 0.1) is 0 Å². The van der Waals surface area contributed by atoms with Gasteiger partial charge in [-0.05, 0) is 50.7 Å². The zero-order valence-electron chi connectivity index (χ0n) is 12.8. The van der Waals surface area contributed by atoms with Crippen LogP contribution in [0.15, 0.2) is 30.3 Å². The summed E-state index contributed by atoms with van der Waals surface area (Å²) in [7, 11) is 0. The van der Waals surface area contributed by atoms with E-state index in [0.29, 0.717) is 6.42 Å². The minimum absolute atomic E-state index is 0.280. The van der Waals surface area contributed by atoms with Gasteiger partial charge in [-0.1, -0.05) is 44.2 Å². The molecule has 110 valence electrons. The molecule has 0 atom stereocenters. The number of benzene rings is 1. The summed E-state index contributed by atoms with van der Waals surface area (Å²) in [5, 5.41) is 0. The molecule has 0 aliphatic carbocycles. The van der Waals surface area contributed by atoms with Gasteiger partial charge >= 0.3 is 0 Å². The molecule has 0 amide bonds. The third-order valence-electron chi connectivity index (χ3n) is 4.55. The van der Waals surface area contributed by atoms with Gasteiger partial charge in [0, 0.05) is 12.0 Å². The van der Waals surface area contributed by atoms with Crippen molar-refractivity contribution in [3.8, 4) is 0 Å².